The van der Waals surface area contributed by atoms with Crippen LogP contribution in [0.2, 0.25) is 0 Å². The topological polar surface area (TPSA) is 34.0 Å². The Labute approximate surface area is 152 Å². The van der Waals surface area contributed by atoms with Gasteiger partial charge in [-0.15, -0.1) is 0 Å². The van der Waals surface area contributed by atoms with E-state index in [2.05, 4.69) is 5.32 Å². The summed E-state index contributed by atoms with van der Waals surface area (Å²) in [6.07, 6.45) is 10.5. The van der Waals surface area contributed by atoms with Crippen LogP contribution in [0.3, 0.4) is 0 Å². The van der Waals surface area contributed by atoms with Crippen LogP contribution < -0.4 is 5.32 Å². The standard InChI is InChI=1S/C18H17FN2OS.C2H6/c1-2-3-9-21-12-15(14-8-7-13(19)11-16(14)21)18(22)20-17-6-4-5-10-23-17;1-2/h2-3,5-8,10-12H,4,9H2,1H3,(H,20,22);1-2H3/b3-2+;. The highest BCUT2D eigenvalue weighted by Crippen LogP contribution is 2.25. The minimum atomic E-state index is -0.306. The molecule has 1 amide bonds. The number of amides is 1. The number of aromatic nitrogens is 1. The van der Waals surface area contributed by atoms with E-state index in [-0.39, 0.29) is 11.7 Å². The highest BCUT2D eigenvalue weighted by atomic mass is 32.2. The summed E-state index contributed by atoms with van der Waals surface area (Å²) in [6.45, 7) is 6.53. The molecule has 0 radical (unpaired) electrons. The minimum Gasteiger partial charge on any atom is -0.343 e. The van der Waals surface area contributed by atoms with E-state index >= 15 is 0 Å². The van der Waals surface area contributed by atoms with E-state index < -0.39 is 0 Å². The Morgan fingerprint density at radius 3 is 2.88 bits per heavy atom. The molecule has 1 aromatic heterocycles. The quantitative estimate of drug-likeness (QED) is 0.721. The van der Waals surface area contributed by atoms with Crippen LogP contribution in [0.1, 0.15) is 37.6 Å². The third-order valence-corrected chi connectivity index (χ3v) is 4.45. The van der Waals surface area contributed by atoms with Crippen LogP contribution >= 0.6 is 11.8 Å². The van der Waals surface area contributed by atoms with Crippen LogP contribution in [0.25, 0.3) is 10.9 Å². The van der Waals surface area contributed by atoms with Gasteiger partial charge in [0.05, 0.1) is 16.1 Å². The van der Waals surface area contributed by atoms with Crippen LogP contribution in [0.15, 0.2) is 59.1 Å². The number of carbonyl (C=O) groups excluding carboxylic acids is 1. The highest BCUT2D eigenvalue weighted by molar-refractivity contribution is 8.05. The van der Waals surface area contributed by atoms with Gasteiger partial charge in [0.25, 0.3) is 5.91 Å². The van der Waals surface area contributed by atoms with Crippen molar-refractivity contribution < 1.29 is 9.18 Å². The molecule has 1 aliphatic heterocycles. The van der Waals surface area contributed by atoms with E-state index in [1.165, 1.54) is 23.9 Å². The number of benzene rings is 1. The molecule has 5 heteroatoms. The average molecular weight is 358 g/mol. The number of hydrogen-bond acceptors (Lipinski definition) is 2. The molecule has 3 nitrogen and oxygen atoms in total. The van der Waals surface area contributed by atoms with Gasteiger partial charge in [0.2, 0.25) is 0 Å². The summed E-state index contributed by atoms with van der Waals surface area (Å²) in [5.41, 5.74) is 1.28. The molecule has 1 aliphatic rings. The van der Waals surface area contributed by atoms with Gasteiger partial charge < -0.3 is 9.88 Å². The summed E-state index contributed by atoms with van der Waals surface area (Å²) in [5.74, 6) is -0.477. The van der Waals surface area contributed by atoms with Crippen molar-refractivity contribution in [2.45, 2.75) is 33.7 Å². The van der Waals surface area contributed by atoms with Crippen LogP contribution in [-0.4, -0.2) is 10.5 Å². The molecular formula is C20H23FN2OS. The summed E-state index contributed by atoms with van der Waals surface area (Å²) < 4.78 is 15.5. The molecule has 0 atom stereocenters. The van der Waals surface area contributed by atoms with E-state index in [1.54, 1.807) is 12.3 Å². The van der Waals surface area contributed by atoms with Gasteiger partial charge in [-0.25, -0.2) is 4.39 Å². The maximum atomic E-state index is 13.6. The van der Waals surface area contributed by atoms with Gasteiger partial charge in [-0.1, -0.05) is 49.9 Å². The Kier molecular flexibility index (Phi) is 7.07. The number of rotatable bonds is 4. The number of hydrogen-bond donors (Lipinski definition) is 1. The first-order chi connectivity index (χ1) is 12.2. The third-order valence-electron chi connectivity index (χ3n) is 3.59. The number of thioether (sulfide) groups is 1. The number of halogens is 1. The second-order valence-corrected chi connectivity index (χ2v) is 6.12. The molecular weight excluding hydrogens is 335 g/mol. The zero-order valence-electron chi connectivity index (χ0n) is 14.8. The number of carbonyl (C=O) groups is 1. The predicted octanol–water partition coefficient (Wildman–Crippen LogP) is 5.60. The molecule has 3 rings (SSSR count). The molecule has 0 bridgehead atoms. The van der Waals surface area contributed by atoms with Crippen LogP contribution in [0.5, 0.6) is 0 Å². The Morgan fingerprint density at radius 2 is 2.20 bits per heavy atom. The zero-order valence-corrected chi connectivity index (χ0v) is 15.6. The molecule has 132 valence electrons. The van der Waals surface area contributed by atoms with Gasteiger partial charge in [-0.05, 0) is 37.0 Å². The van der Waals surface area contributed by atoms with Gasteiger partial charge in [0.1, 0.15) is 5.82 Å². The van der Waals surface area contributed by atoms with Crippen LogP contribution in [0, 0.1) is 5.82 Å². The number of nitrogens with one attached hydrogen (secondary N) is 1. The van der Waals surface area contributed by atoms with Crippen molar-refractivity contribution in [1.29, 1.82) is 0 Å². The fourth-order valence-electron chi connectivity index (χ4n) is 2.48. The maximum Gasteiger partial charge on any atom is 0.258 e. The van der Waals surface area contributed by atoms with E-state index in [1.807, 2.05) is 55.1 Å². The molecule has 0 unspecified atom stereocenters. The first-order valence-electron chi connectivity index (χ1n) is 8.42. The molecule has 2 heterocycles. The van der Waals surface area contributed by atoms with Gasteiger partial charge in [-0.3, -0.25) is 4.79 Å². The molecule has 2 aromatic rings. The normalized spacial score (nSPS) is 13.5. The van der Waals surface area contributed by atoms with Gasteiger partial charge in [-0.2, -0.15) is 0 Å². The lowest BCUT2D eigenvalue weighted by Gasteiger charge is -2.09. The van der Waals surface area contributed by atoms with Gasteiger partial charge in [0.15, 0.2) is 0 Å². The third kappa shape index (κ3) is 4.63. The zero-order chi connectivity index (χ0) is 18.2. The molecule has 1 aromatic carbocycles. The van der Waals surface area contributed by atoms with E-state index in [4.69, 9.17) is 0 Å². The average Bonchev–Trinajstić information content (AvgIpc) is 3.00. The lowest BCUT2D eigenvalue weighted by molar-refractivity contribution is 0.0970. The Bertz CT molecular complexity index is 834. The number of nitrogens with zero attached hydrogens (tertiary/aromatic N) is 1. The lowest BCUT2D eigenvalue weighted by atomic mass is 10.1. The minimum absolute atomic E-state index is 0.171. The van der Waals surface area contributed by atoms with E-state index in [0.717, 1.165) is 22.4 Å². The molecule has 0 fully saturated rings. The highest BCUT2D eigenvalue weighted by Gasteiger charge is 2.16. The Hall–Kier alpha value is -2.27. The largest absolute Gasteiger partial charge is 0.343 e. The van der Waals surface area contributed by atoms with E-state index in [9.17, 15) is 9.18 Å². The second-order valence-electron chi connectivity index (χ2n) is 5.17. The van der Waals surface area contributed by atoms with Gasteiger partial charge >= 0.3 is 0 Å². The SMILES string of the molecule is C/C=C/Cn1cc(C(=O)NC2=CCC=CS2)c2ccc(F)cc21.CC. The van der Waals surface area contributed by atoms with Crippen molar-refractivity contribution in [2.24, 2.45) is 0 Å². The molecule has 0 saturated carbocycles. The van der Waals surface area contributed by atoms with Crippen LogP contribution in [-0.2, 0) is 6.54 Å². The van der Waals surface area contributed by atoms with E-state index in [0.29, 0.717) is 12.1 Å². The summed E-state index contributed by atoms with van der Waals surface area (Å²) >= 11 is 1.49. The monoisotopic (exact) mass is 358 g/mol. The fraction of sp³-hybridized carbons (Fsp3) is 0.250. The molecule has 1 N–H and O–H groups in total. The van der Waals surface area contributed by atoms with Crippen LogP contribution in [0.4, 0.5) is 4.39 Å². The van der Waals surface area contributed by atoms with Gasteiger partial charge in [0, 0.05) is 18.1 Å². The van der Waals surface area contributed by atoms with Crippen molar-refractivity contribution in [1.82, 2.24) is 9.88 Å². The maximum absolute atomic E-state index is 13.6. The van der Waals surface area contributed by atoms with Crippen molar-refractivity contribution in [3.8, 4) is 0 Å². The number of fused-ring (bicyclic) bond motifs is 1. The predicted molar refractivity (Wildman–Crippen MR) is 105 cm³/mol. The number of allylic oxidation sites excluding steroid dienone is 4. The second kappa shape index (κ2) is 9.28. The molecule has 0 aliphatic carbocycles. The van der Waals surface area contributed by atoms with Crippen molar-refractivity contribution in [2.75, 3.05) is 0 Å². The van der Waals surface area contributed by atoms with Crippen molar-refractivity contribution in [3.63, 3.8) is 0 Å². The first kappa shape index (κ1) is 19.1. The molecule has 0 saturated heterocycles. The first-order valence-corrected chi connectivity index (χ1v) is 9.29. The lowest BCUT2D eigenvalue weighted by Crippen LogP contribution is -2.21. The summed E-state index contributed by atoms with van der Waals surface area (Å²) in [6, 6.07) is 4.51. The molecule has 0 spiro atoms. The summed E-state index contributed by atoms with van der Waals surface area (Å²) in [5, 5.41) is 6.46. The van der Waals surface area contributed by atoms with Crippen molar-refractivity contribution >= 4 is 28.6 Å². The summed E-state index contributed by atoms with van der Waals surface area (Å²) in [4.78, 5) is 12.6. The Balaban J connectivity index is 0.00000109. The fourth-order valence-corrected chi connectivity index (χ4v) is 3.17. The molecule has 25 heavy (non-hydrogen) atoms. The Morgan fingerprint density at radius 1 is 1.40 bits per heavy atom. The van der Waals surface area contributed by atoms with Crippen molar-refractivity contribution in [3.05, 3.63) is 70.5 Å². The smallest absolute Gasteiger partial charge is 0.258 e. The summed E-state index contributed by atoms with van der Waals surface area (Å²) in [7, 11) is 0.